The molecule has 0 N–H and O–H groups in total. The molecule has 1 aliphatic rings. The molecule has 98 valence electrons. The molecule has 1 aromatic rings. The average Bonchev–Trinajstić information content (AvgIpc) is 2.57. The zero-order chi connectivity index (χ0) is 13.3. The Morgan fingerprint density at radius 1 is 1.33 bits per heavy atom. The third-order valence-electron chi connectivity index (χ3n) is 3.03. The normalized spacial score (nSPS) is 22.0. The molecule has 1 saturated heterocycles. The molecule has 2 rings (SSSR count). The lowest BCUT2D eigenvalue weighted by molar-refractivity contribution is 0.0961. The SMILES string of the molecule is O=C(CC1CCS(=O)(=O)C1)c1ccc(F)cc1F. The molecule has 1 heterocycles. The highest BCUT2D eigenvalue weighted by Gasteiger charge is 2.30. The molecule has 6 heteroatoms. The number of Topliss-reactive ketones (excluding diaryl/α,β-unsaturated/α-hetero) is 1. The Morgan fingerprint density at radius 2 is 2.06 bits per heavy atom. The van der Waals surface area contributed by atoms with Gasteiger partial charge in [-0.15, -0.1) is 0 Å². The van der Waals surface area contributed by atoms with Crippen molar-refractivity contribution in [3.63, 3.8) is 0 Å². The van der Waals surface area contributed by atoms with Gasteiger partial charge in [0, 0.05) is 12.5 Å². The van der Waals surface area contributed by atoms with Crippen LogP contribution in [-0.2, 0) is 9.84 Å². The second-order valence-electron chi connectivity index (χ2n) is 4.52. The zero-order valence-corrected chi connectivity index (χ0v) is 10.3. The van der Waals surface area contributed by atoms with Crippen molar-refractivity contribution in [2.75, 3.05) is 11.5 Å². The monoisotopic (exact) mass is 274 g/mol. The Balaban J connectivity index is 2.09. The molecule has 3 nitrogen and oxygen atoms in total. The molecule has 1 aliphatic heterocycles. The van der Waals surface area contributed by atoms with Gasteiger partial charge in [-0.3, -0.25) is 4.79 Å². The summed E-state index contributed by atoms with van der Waals surface area (Å²) in [5.74, 6) is -2.33. The van der Waals surface area contributed by atoms with Crippen LogP contribution >= 0.6 is 0 Å². The second-order valence-corrected chi connectivity index (χ2v) is 6.75. The first-order chi connectivity index (χ1) is 8.37. The van der Waals surface area contributed by atoms with E-state index in [1.54, 1.807) is 0 Å². The highest BCUT2D eigenvalue weighted by Crippen LogP contribution is 2.24. The minimum atomic E-state index is -3.05. The van der Waals surface area contributed by atoms with Gasteiger partial charge in [0.05, 0.1) is 17.1 Å². The van der Waals surface area contributed by atoms with Crippen molar-refractivity contribution >= 4 is 15.6 Å². The first kappa shape index (κ1) is 13.1. The van der Waals surface area contributed by atoms with Crippen molar-refractivity contribution in [3.05, 3.63) is 35.4 Å². The van der Waals surface area contributed by atoms with E-state index in [4.69, 9.17) is 0 Å². The Labute approximate surface area is 104 Å². The highest BCUT2D eigenvalue weighted by atomic mass is 32.2. The van der Waals surface area contributed by atoms with Gasteiger partial charge in [-0.25, -0.2) is 17.2 Å². The lowest BCUT2D eigenvalue weighted by Crippen LogP contribution is -2.12. The minimum Gasteiger partial charge on any atom is -0.294 e. The lowest BCUT2D eigenvalue weighted by Gasteiger charge is -2.07. The maximum Gasteiger partial charge on any atom is 0.166 e. The molecular formula is C12H12F2O3S. The lowest BCUT2D eigenvalue weighted by atomic mass is 9.97. The maximum absolute atomic E-state index is 13.3. The van der Waals surface area contributed by atoms with E-state index in [2.05, 4.69) is 0 Å². The topological polar surface area (TPSA) is 51.2 Å². The number of halogens is 2. The molecule has 0 radical (unpaired) electrons. The minimum absolute atomic E-state index is 0.0121. The van der Waals surface area contributed by atoms with E-state index >= 15 is 0 Å². The van der Waals surface area contributed by atoms with Gasteiger partial charge in [-0.2, -0.15) is 0 Å². The Bertz CT molecular complexity index is 581. The summed E-state index contributed by atoms with van der Waals surface area (Å²) in [5, 5.41) is 0. The van der Waals surface area contributed by atoms with Crippen LogP contribution in [0.3, 0.4) is 0 Å². The predicted molar refractivity (Wildman–Crippen MR) is 62.1 cm³/mol. The van der Waals surface area contributed by atoms with Crippen molar-refractivity contribution < 1.29 is 22.0 Å². The molecule has 0 saturated carbocycles. The van der Waals surface area contributed by atoms with Gasteiger partial charge in [-0.1, -0.05) is 0 Å². The molecule has 1 unspecified atom stereocenters. The van der Waals surface area contributed by atoms with E-state index in [1.807, 2.05) is 0 Å². The third-order valence-corrected chi connectivity index (χ3v) is 4.87. The molecule has 1 aromatic carbocycles. The number of ketones is 1. The largest absolute Gasteiger partial charge is 0.294 e. The molecule has 0 aromatic heterocycles. The van der Waals surface area contributed by atoms with Gasteiger partial charge < -0.3 is 0 Å². The molecule has 18 heavy (non-hydrogen) atoms. The standard InChI is InChI=1S/C12H12F2O3S/c13-9-1-2-10(11(14)6-9)12(15)5-8-3-4-18(16,17)7-8/h1-2,6,8H,3-5,7H2. The fraction of sp³-hybridized carbons (Fsp3) is 0.417. The summed E-state index contributed by atoms with van der Waals surface area (Å²) in [4.78, 5) is 11.8. The van der Waals surface area contributed by atoms with Crippen molar-refractivity contribution in [2.45, 2.75) is 12.8 Å². The Hall–Kier alpha value is -1.30. The van der Waals surface area contributed by atoms with Crippen LogP contribution < -0.4 is 0 Å². The number of sulfone groups is 1. The van der Waals surface area contributed by atoms with E-state index in [9.17, 15) is 22.0 Å². The average molecular weight is 274 g/mol. The van der Waals surface area contributed by atoms with Crippen LogP contribution in [0.15, 0.2) is 18.2 Å². The molecule has 1 fully saturated rings. The van der Waals surface area contributed by atoms with E-state index < -0.39 is 27.3 Å². The van der Waals surface area contributed by atoms with Crippen molar-refractivity contribution in [1.29, 1.82) is 0 Å². The molecule has 0 aliphatic carbocycles. The number of hydrogen-bond donors (Lipinski definition) is 0. The fourth-order valence-electron chi connectivity index (χ4n) is 2.12. The summed E-state index contributed by atoms with van der Waals surface area (Å²) in [7, 11) is -3.05. The van der Waals surface area contributed by atoms with E-state index in [0.717, 1.165) is 12.1 Å². The number of hydrogen-bond acceptors (Lipinski definition) is 3. The van der Waals surface area contributed by atoms with Crippen molar-refractivity contribution in [2.24, 2.45) is 5.92 Å². The van der Waals surface area contributed by atoms with Gasteiger partial charge in [0.2, 0.25) is 0 Å². The first-order valence-corrected chi connectivity index (χ1v) is 7.38. The van der Waals surface area contributed by atoms with Gasteiger partial charge in [0.25, 0.3) is 0 Å². The number of carbonyl (C=O) groups is 1. The molecule has 0 spiro atoms. The number of carbonyl (C=O) groups excluding carboxylic acids is 1. The summed E-state index contributed by atoms with van der Waals surface area (Å²) >= 11 is 0. The van der Waals surface area contributed by atoms with Crippen LogP contribution in [0, 0.1) is 17.6 Å². The van der Waals surface area contributed by atoms with Crippen LogP contribution in [0.4, 0.5) is 8.78 Å². The number of rotatable bonds is 3. The van der Waals surface area contributed by atoms with E-state index in [1.165, 1.54) is 0 Å². The van der Waals surface area contributed by atoms with Crippen LogP contribution in [0.5, 0.6) is 0 Å². The third kappa shape index (κ3) is 2.93. The van der Waals surface area contributed by atoms with Gasteiger partial charge >= 0.3 is 0 Å². The first-order valence-electron chi connectivity index (χ1n) is 5.56. The second kappa shape index (κ2) is 4.76. The quantitative estimate of drug-likeness (QED) is 0.792. The summed E-state index contributed by atoms with van der Waals surface area (Å²) in [6, 6.07) is 2.76. The molecule has 0 amide bonds. The zero-order valence-electron chi connectivity index (χ0n) is 9.53. The highest BCUT2D eigenvalue weighted by molar-refractivity contribution is 7.91. The summed E-state index contributed by atoms with van der Waals surface area (Å²) in [6.07, 6.45) is 0.415. The number of benzene rings is 1. The smallest absolute Gasteiger partial charge is 0.166 e. The summed E-state index contributed by atoms with van der Waals surface area (Å²) in [6.45, 7) is 0. The fourth-order valence-corrected chi connectivity index (χ4v) is 3.98. The van der Waals surface area contributed by atoms with Gasteiger partial charge in [0.1, 0.15) is 11.6 Å². The van der Waals surface area contributed by atoms with Crippen molar-refractivity contribution in [1.82, 2.24) is 0 Å². The van der Waals surface area contributed by atoms with Crippen LogP contribution in [0.25, 0.3) is 0 Å². The van der Waals surface area contributed by atoms with Crippen LogP contribution in [0.1, 0.15) is 23.2 Å². The molecule has 0 bridgehead atoms. The predicted octanol–water partition coefficient (Wildman–Crippen LogP) is 1.97. The summed E-state index contributed by atoms with van der Waals surface area (Å²) in [5.41, 5.74) is -0.180. The molecule has 1 atom stereocenters. The Morgan fingerprint density at radius 3 is 2.61 bits per heavy atom. The maximum atomic E-state index is 13.3. The van der Waals surface area contributed by atoms with Gasteiger partial charge in [-0.05, 0) is 24.5 Å². The Kier molecular flexibility index (Phi) is 3.47. The van der Waals surface area contributed by atoms with Gasteiger partial charge in [0.15, 0.2) is 15.6 Å². The van der Waals surface area contributed by atoms with Crippen LogP contribution in [0.2, 0.25) is 0 Å². The van der Waals surface area contributed by atoms with E-state index in [0.29, 0.717) is 12.5 Å². The summed E-state index contributed by atoms with van der Waals surface area (Å²) < 4.78 is 48.5. The van der Waals surface area contributed by atoms with E-state index in [-0.39, 0.29) is 29.4 Å². The molecular weight excluding hydrogens is 262 g/mol. The van der Waals surface area contributed by atoms with Crippen molar-refractivity contribution in [3.8, 4) is 0 Å². The van der Waals surface area contributed by atoms with Crippen LogP contribution in [-0.4, -0.2) is 25.7 Å².